The van der Waals surface area contributed by atoms with Crippen LogP contribution in [-0.2, 0) is 15.6 Å². The quantitative estimate of drug-likeness (QED) is 0.594. The van der Waals surface area contributed by atoms with Gasteiger partial charge in [-0.3, -0.25) is 4.90 Å². The van der Waals surface area contributed by atoms with Crippen LogP contribution in [0.2, 0.25) is 0 Å². The normalized spacial score (nSPS) is 24.9. The predicted molar refractivity (Wildman–Crippen MR) is 128 cm³/mol. The molecule has 2 N–H and O–H groups in total. The van der Waals surface area contributed by atoms with Crippen molar-refractivity contribution in [2.75, 3.05) is 44.2 Å². The fourth-order valence-corrected chi connectivity index (χ4v) is 7.33. The highest BCUT2D eigenvalue weighted by Crippen LogP contribution is 2.39. The molecule has 4 rings (SSSR count). The van der Waals surface area contributed by atoms with Crippen LogP contribution in [0.25, 0.3) is 0 Å². The van der Waals surface area contributed by atoms with Gasteiger partial charge in [-0.15, -0.1) is 11.3 Å². The highest BCUT2D eigenvalue weighted by molar-refractivity contribution is 7.91. The van der Waals surface area contributed by atoms with Crippen LogP contribution in [0.5, 0.6) is 0 Å². The van der Waals surface area contributed by atoms with Crippen LogP contribution in [-0.4, -0.2) is 85.4 Å². The van der Waals surface area contributed by atoms with Crippen LogP contribution < -0.4 is 4.90 Å². The molecule has 12 heteroatoms. The molecule has 2 saturated heterocycles. The molecule has 7 nitrogen and oxygen atoms in total. The van der Waals surface area contributed by atoms with E-state index in [4.69, 9.17) is 0 Å². The number of halogens is 3. The number of piperazine rings is 1. The highest BCUT2D eigenvalue weighted by atomic mass is 32.2. The van der Waals surface area contributed by atoms with E-state index >= 15 is 0 Å². The van der Waals surface area contributed by atoms with Gasteiger partial charge in [-0.25, -0.2) is 8.42 Å². The number of alkyl halides is 3. The van der Waals surface area contributed by atoms with E-state index < -0.39 is 27.9 Å². The Hall–Kier alpha value is -1.70. The Morgan fingerprint density at radius 1 is 1.09 bits per heavy atom. The number of sulfonamides is 1. The molecular formula is C23H30F3N3O4S2. The van der Waals surface area contributed by atoms with Crippen LogP contribution in [0.15, 0.2) is 46.0 Å². The first kappa shape index (κ1) is 26.4. The third-order valence-corrected chi connectivity index (χ3v) is 10.0. The first-order valence-electron chi connectivity index (χ1n) is 11.5. The molecule has 194 valence electrons. The zero-order valence-electron chi connectivity index (χ0n) is 19.4. The number of aliphatic hydroxyl groups excluding tert-OH is 1. The molecule has 0 amide bonds. The predicted octanol–water partition coefficient (Wildman–Crippen LogP) is 2.85. The lowest BCUT2D eigenvalue weighted by molar-refractivity contribution is -0.258. The maximum atomic E-state index is 13.3. The van der Waals surface area contributed by atoms with Gasteiger partial charge in [0.25, 0.3) is 10.0 Å². The van der Waals surface area contributed by atoms with E-state index in [0.29, 0.717) is 25.3 Å². The molecular weight excluding hydrogens is 503 g/mol. The van der Waals surface area contributed by atoms with Gasteiger partial charge >= 0.3 is 6.18 Å². The Labute approximate surface area is 207 Å². The molecule has 0 saturated carbocycles. The molecule has 2 aliphatic rings. The third-order valence-electron chi connectivity index (χ3n) is 6.80. The largest absolute Gasteiger partial charge is 0.421 e. The monoisotopic (exact) mass is 533 g/mol. The Morgan fingerprint density at radius 3 is 2.40 bits per heavy atom. The van der Waals surface area contributed by atoms with Crippen LogP contribution in [0.1, 0.15) is 25.3 Å². The molecule has 0 spiro atoms. The summed E-state index contributed by atoms with van der Waals surface area (Å²) in [5.41, 5.74) is -2.58. The van der Waals surface area contributed by atoms with Crippen molar-refractivity contribution in [3.8, 4) is 0 Å². The summed E-state index contributed by atoms with van der Waals surface area (Å²) in [6.07, 6.45) is -3.68. The molecule has 2 unspecified atom stereocenters. The number of aliphatic hydroxyl groups is 2. The van der Waals surface area contributed by atoms with Gasteiger partial charge in [0.1, 0.15) is 4.21 Å². The Bertz CT molecular complexity index is 1090. The molecule has 0 bridgehead atoms. The van der Waals surface area contributed by atoms with E-state index in [1.807, 2.05) is 4.90 Å². The van der Waals surface area contributed by atoms with E-state index in [1.165, 1.54) is 28.6 Å². The second kappa shape index (κ2) is 9.98. The molecule has 2 aliphatic heterocycles. The van der Waals surface area contributed by atoms with E-state index in [0.717, 1.165) is 37.6 Å². The molecule has 0 radical (unpaired) electrons. The van der Waals surface area contributed by atoms with E-state index in [-0.39, 0.29) is 28.9 Å². The molecule has 2 fully saturated rings. The summed E-state index contributed by atoms with van der Waals surface area (Å²) in [6.45, 7) is 3.33. The lowest BCUT2D eigenvalue weighted by Gasteiger charge is -2.45. The number of thiophene rings is 1. The summed E-state index contributed by atoms with van der Waals surface area (Å²) in [6, 6.07) is 8.61. The van der Waals surface area contributed by atoms with Gasteiger partial charge in [0.05, 0.1) is 12.1 Å². The average molecular weight is 534 g/mol. The summed E-state index contributed by atoms with van der Waals surface area (Å²) < 4.78 is 67.8. The maximum Gasteiger partial charge on any atom is 0.421 e. The topological polar surface area (TPSA) is 84.3 Å². The Balaban J connectivity index is 1.59. The van der Waals surface area contributed by atoms with Gasteiger partial charge in [-0.05, 0) is 55.5 Å². The summed E-state index contributed by atoms with van der Waals surface area (Å²) in [5.74, 6) is 0. The van der Waals surface area contributed by atoms with Crippen molar-refractivity contribution in [2.45, 2.75) is 47.9 Å². The van der Waals surface area contributed by atoms with Crippen molar-refractivity contribution in [1.82, 2.24) is 9.21 Å². The molecule has 3 atom stereocenters. The second-order valence-electron chi connectivity index (χ2n) is 9.31. The SMILES string of the molecule is CC(O)(c1ccc(N2CCN(S(=O)(=O)c3cccs3)C[C@@H]2CN2CCCC(O)C2)cc1)C(F)(F)F. The summed E-state index contributed by atoms with van der Waals surface area (Å²) in [4.78, 5) is 4.11. The van der Waals surface area contributed by atoms with Crippen LogP contribution >= 0.6 is 11.3 Å². The average Bonchev–Trinajstić information content (AvgIpc) is 3.34. The number of rotatable bonds is 6. The molecule has 0 aliphatic carbocycles. The minimum Gasteiger partial charge on any atom is -0.392 e. The lowest BCUT2D eigenvalue weighted by Crippen LogP contribution is -2.59. The number of piperidine rings is 1. The zero-order chi connectivity index (χ0) is 25.4. The summed E-state index contributed by atoms with van der Waals surface area (Å²) >= 11 is 1.16. The fourth-order valence-electron chi connectivity index (χ4n) is 4.71. The Kier molecular flexibility index (Phi) is 7.52. The zero-order valence-corrected chi connectivity index (χ0v) is 21.0. The third kappa shape index (κ3) is 5.52. The van der Waals surface area contributed by atoms with Gasteiger partial charge in [0, 0.05) is 38.4 Å². The number of β-amino-alcohol motifs (C(OH)–C–C–N with tert-alkyl or cyclic N) is 1. The van der Waals surface area contributed by atoms with Crippen molar-refractivity contribution in [2.24, 2.45) is 0 Å². The number of hydrogen-bond acceptors (Lipinski definition) is 7. The van der Waals surface area contributed by atoms with E-state index in [9.17, 15) is 31.8 Å². The van der Waals surface area contributed by atoms with Crippen molar-refractivity contribution in [3.63, 3.8) is 0 Å². The van der Waals surface area contributed by atoms with E-state index in [1.54, 1.807) is 17.5 Å². The van der Waals surface area contributed by atoms with Crippen molar-refractivity contribution >= 4 is 27.0 Å². The first-order chi connectivity index (χ1) is 16.4. The number of hydrogen-bond donors (Lipinski definition) is 2. The number of nitrogens with zero attached hydrogens (tertiary/aromatic N) is 3. The highest BCUT2D eigenvalue weighted by Gasteiger charge is 2.51. The molecule has 1 aromatic carbocycles. The van der Waals surface area contributed by atoms with Crippen molar-refractivity contribution < 1.29 is 31.8 Å². The van der Waals surface area contributed by atoms with Crippen molar-refractivity contribution in [3.05, 3.63) is 47.3 Å². The van der Waals surface area contributed by atoms with Gasteiger partial charge < -0.3 is 15.1 Å². The van der Waals surface area contributed by atoms with Gasteiger partial charge in [-0.1, -0.05) is 18.2 Å². The maximum absolute atomic E-state index is 13.3. The van der Waals surface area contributed by atoms with E-state index in [2.05, 4.69) is 4.90 Å². The minimum absolute atomic E-state index is 0.217. The first-order valence-corrected chi connectivity index (χ1v) is 13.8. The number of benzene rings is 1. The van der Waals surface area contributed by atoms with Gasteiger partial charge in [0.2, 0.25) is 0 Å². The lowest BCUT2D eigenvalue weighted by atomic mass is 9.95. The summed E-state index contributed by atoms with van der Waals surface area (Å²) in [7, 11) is -3.65. The molecule has 35 heavy (non-hydrogen) atoms. The molecule has 1 aromatic heterocycles. The van der Waals surface area contributed by atoms with Gasteiger partial charge in [-0.2, -0.15) is 17.5 Å². The van der Waals surface area contributed by atoms with Crippen molar-refractivity contribution in [1.29, 1.82) is 0 Å². The molecule has 2 aromatic rings. The second-order valence-corrected chi connectivity index (χ2v) is 12.4. The number of anilines is 1. The smallest absolute Gasteiger partial charge is 0.392 e. The minimum atomic E-state index is -4.81. The van der Waals surface area contributed by atoms with Crippen LogP contribution in [0.4, 0.5) is 18.9 Å². The Morgan fingerprint density at radius 2 is 1.80 bits per heavy atom. The van der Waals surface area contributed by atoms with Gasteiger partial charge in [0.15, 0.2) is 5.60 Å². The fraction of sp³-hybridized carbons (Fsp3) is 0.565. The molecule has 3 heterocycles. The van der Waals surface area contributed by atoms with Crippen LogP contribution in [0, 0.1) is 0 Å². The summed E-state index contributed by atoms with van der Waals surface area (Å²) in [5, 5.41) is 21.8. The standard InChI is InChI=1S/C23H30F3N3O4S2/c1-22(31,23(24,25)26)17-6-8-18(9-7-17)29-12-11-28(35(32,33)21-5-3-13-34-21)15-19(29)14-27-10-2-4-20(30)16-27/h3,5-9,13,19-20,30-31H,2,4,10-12,14-16H2,1H3/t19-,20?,22?/m0/s1. The number of likely N-dealkylation sites (tertiary alicyclic amines) is 1. The van der Waals surface area contributed by atoms with Crippen LogP contribution in [0.3, 0.4) is 0 Å².